The Balaban J connectivity index is 1.83. The summed E-state index contributed by atoms with van der Waals surface area (Å²) in [7, 11) is 0. The fourth-order valence-corrected chi connectivity index (χ4v) is 2.27. The summed E-state index contributed by atoms with van der Waals surface area (Å²) in [5, 5.41) is 2.76. The summed E-state index contributed by atoms with van der Waals surface area (Å²) in [6, 6.07) is 1.45. The highest BCUT2D eigenvalue weighted by Gasteiger charge is 2.16. The molecule has 20 heavy (non-hydrogen) atoms. The monoisotopic (exact) mass is 280 g/mol. The first-order chi connectivity index (χ1) is 9.56. The fourth-order valence-electron chi connectivity index (χ4n) is 2.27. The molecule has 110 valence electrons. The third-order valence-electron chi connectivity index (χ3n) is 3.25. The van der Waals surface area contributed by atoms with Crippen LogP contribution in [0.15, 0.2) is 10.9 Å². The Bertz CT molecular complexity index is 506. The Morgan fingerprint density at radius 3 is 3.00 bits per heavy atom. The molecular weight excluding hydrogens is 260 g/mol. The summed E-state index contributed by atoms with van der Waals surface area (Å²) >= 11 is 0. The molecule has 2 N–H and O–H groups in total. The van der Waals surface area contributed by atoms with Crippen molar-refractivity contribution in [2.75, 3.05) is 25.1 Å². The summed E-state index contributed by atoms with van der Waals surface area (Å²) < 4.78 is 10.8. The lowest BCUT2D eigenvalue weighted by molar-refractivity contribution is -0.121. The van der Waals surface area contributed by atoms with E-state index in [1.165, 1.54) is 6.07 Å². The van der Waals surface area contributed by atoms with Crippen LogP contribution in [0.3, 0.4) is 0 Å². The minimum Gasteiger partial charge on any atom is -0.376 e. The molecule has 1 aromatic heterocycles. The minimum atomic E-state index is -0.235. The first kappa shape index (κ1) is 14.7. The lowest BCUT2D eigenvalue weighted by Crippen LogP contribution is -2.24. The zero-order chi connectivity index (χ0) is 14.5. The molecule has 2 heterocycles. The van der Waals surface area contributed by atoms with Crippen molar-refractivity contribution in [1.82, 2.24) is 4.98 Å². The van der Waals surface area contributed by atoms with Crippen molar-refractivity contribution in [3.05, 3.63) is 27.7 Å². The van der Waals surface area contributed by atoms with Gasteiger partial charge in [-0.1, -0.05) is 0 Å². The number of aryl methyl sites for hydroxylation is 2. The highest BCUT2D eigenvalue weighted by Crippen LogP contribution is 2.15. The van der Waals surface area contributed by atoms with E-state index in [0.717, 1.165) is 25.0 Å². The number of hydrogen-bond acceptors (Lipinski definition) is 4. The van der Waals surface area contributed by atoms with E-state index in [1.807, 2.05) is 0 Å². The molecule has 0 aromatic carbocycles. The second-order valence-corrected chi connectivity index (χ2v) is 5.01. The highest BCUT2D eigenvalue weighted by atomic mass is 16.5. The molecule has 0 saturated carbocycles. The molecule has 1 amide bonds. The number of aromatic amines is 1. The average molecular weight is 280 g/mol. The van der Waals surface area contributed by atoms with Crippen molar-refractivity contribution in [3.8, 4) is 0 Å². The third kappa shape index (κ3) is 3.91. The number of pyridine rings is 1. The van der Waals surface area contributed by atoms with Gasteiger partial charge in [-0.05, 0) is 32.3 Å². The van der Waals surface area contributed by atoms with E-state index in [1.54, 1.807) is 13.8 Å². The average Bonchev–Trinajstić information content (AvgIpc) is 2.87. The van der Waals surface area contributed by atoms with E-state index in [0.29, 0.717) is 18.0 Å². The Labute approximate surface area is 117 Å². The van der Waals surface area contributed by atoms with Crippen LogP contribution in [-0.2, 0) is 14.3 Å². The number of hydrogen-bond donors (Lipinski definition) is 2. The molecule has 0 spiro atoms. The van der Waals surface area contributed by atoms with Crippen molar-refractivity contribution in [3.63, 3.8) is 0 Å². The molecule has 0 aliphatic carbocycles. The van der Waals surface area contributed by atoms with Crippen molar-refractivity contribution >= 4 is 11.6 Å². The molecule has 0 bridgehead atoms. The van der Waals surface area contributed by atoms with Crippen molar-refractivity contribution in [2.45, 2.75) is 32.8 Å². The standard InChI is InChI=1S/C14H20N2O4/c1-9-6-12(17)15-10(2)14(9)16-13(18)8-19-7-11-4-3-5-20-11/h6,11H,3-5,7-8H2,1-2H3,(H,15,17)(H,16,18). The zero-order valence-corrected chi connectivity index (χ0v) is 11.8. The van der Waals surface area contributed by atoms with Crippen LogP contribution < -0.4 is 10.9 Å². The fraction of sp³-hybridized carbons (Fsp3) is 0.571. The molecule has 1 atom stereocenters. The quantitative estimate of drug-likeness (QED) is 0.847. The molecule has 6 heteroatoms. The van der Waals surface area contributed by atoms with Gasteiger partial charge in [0.05, 0.1) is 18.4 Å². The van der Waals surface area contributed by atoms with Gasteiger partial charge in [0.25, 0.3) is 0 Å². The summed E-state index contributed by atoms with van der Waals surface area (Å²) in [6.07, 6.45) is 2.15. The molecule has 1 saturated heterocycles. The van der Waals surface area contributed by atoms with Gasteiger partial charge in [-0.2, -0.15) is 0 Å². The van der Waals surface area contributed by atoms with E-state index in [-0.39, 0.29) is 24.2 Å². The van der Waals surface area contributed by atoms with Gasteiger partial charge in [0.15, 0.2) is 0 Å². The molecule has 1 aliphatic heterocycles. The molecule has 0 radical (unpaired) electrons. The number of ether oxygens (including phenoxy) is 2. The first-order valence-corrected chi connectivity index (χ1v) is 6.76. The largest absolute Gasteiger partial charge is 0.376 e. The van der Waals surface area contributed by atoms with Crippen LogP contribution in [0.5, 0.6) is 0 Å². The van der Waals surface area contributed by atoms with Gasteiger partial charge in [0.2, 0.25) is 11.5 Å². The number of carbonyl (C=O) groups excluding carboxylic acids is 1. The molecule has 1 aliphatic rings. The highest BCUT2D eigenvalue weighted by molar-refractivity contribution is 5.92. The van der Waals surface area contributed by atoms with E-state index in [2.05, 4.69) is 10.3 Å². The Hall–Kier alpha value is -1.66. The predicted octanol–water partition coefficient (Wildman–Crippen LogP) is 1.13. The van der Waals surface area contributed by atoms with Crippen LogP contribution in [0.4, 0.5) is 5.69 Å². The number of amides is 1. The second-order valence-electron chi connectivity index (χ2n) is 5.01. The molecule has 1 unspecified atom stereocenters. The summed E-state index contributed by atoms with van der Waals surface area (Å²) in [5.41, 5.74) is 1.84. The summed E-state index contributed by atoms with van der Waals surface area (Å²) in [4.78, 5) is 25.7. The Kier molecular flexibility index (Phi) is 4.92. The van der Waals surface area contributed by atoms with Gasteiger partial charge in [0, 0.05) is 18.4 Å². The maximum Gasteiger partial charge on any atom is 0.250 e. The van der Waals surface area contributed by atoms with E-state index >= 15 is 0 Å². The first-order valence-electron chi connectivity index (χ1n) is 6.76. The van der Waals surface area contributed by atoms with Crippen molar-refractivity contribution in [1.29, 1.82) is 0 Å². The number of carbonyl (C=O) groups is 1. The third-order valence-corrected chi connectivity index (χ3v) is 3.25. The van der Waals surface area contributed by atoms with Crippen molar-refractivity contribution in [2.24, 2.45) is 0 Å². The van der Waals surface area contributed by atoms with Crippen LogP contribution in [0.25, 0.3) is 0 Å². The van der Waals surface area contributed by atoms with Crippen molar-refractivity contribution < 1.29 is 14.3 Å². The number of anilines is 1. The molecular formula is C14H20N2O4. The SMILES string of the molecule is Cc1cc(=O)[nH]c(C)c1NC(=O)COCC1CCCO1. The number of rotatable bonds is 5. The normalized spacial score (nSPS) is 18.2. The Morgan fingerprint density at radius 2 is 2.35 bits per heavy atom. The van der Waals surface area contributed by atoms with Crippen LogP contribution in [0, 0.1) is 13.8 Å². The van der Waals surface area contributed by atoms with Gasteiger partial charge in [-0.15, -0.1) is 0 Å². The molecule has 2 rings (SSSR count). The smallest absolute Gasteiger partial charge is 0.250 e. The second kappa shape index (κ2) is 6.67. The number of aromatic nitrogens is 1. The zero-order valence-electron chi connectivity index (χ0n) is 11.8. The van der Waals surface area contributed by atoms with Crippen LogP contribution in [-0.4, -0.2) is 36.8 Å². The van der Waals surface area contributed by atoms with E-state index < -0.39 is 0 Å². The molecule has 1 aromatic rings. The summed E-state index contributed by atoms with van der Waals surface area (Å²) in [5.74, 6) is -0.235. The number of nitrogens with one attached hydrogen (secondary N) is 2. The van der Waals surface area contributed by atoms with Gasteiger partial charge in [-0.25, -0.2) is 0 Å². The van der Waals surface area contributed by atoms with Gasteiger partial charge in [0.1, 0.15) is 6.61 Å². The Morgan fingerprint density at radius 1 is 1.55 bits per heavy atom. The number of H-pyrrole nitrogens is 1. The molecule has 6 nitrogen and oxygen atoms in total. The summed E-state index contributed by atoms with van der Waals surface area (Å²) in [6.45, 7) is 4.73. The van der Waals surface area contributed by atoms with Crippen LogP contribution >= 0.6 is 0 Å². The van der Waals surface area contributed by atoms with E-state index in [4.69, 9.17) is 9.47 Å². The maximum atomic E-state index is 11.8. The van der Waals surface area contributed by atoms with Gasteiger partial charge >= 0.3 is 0 Å². The molecule has 1 fully saturated rings. The maximum absolute atomic E-state index is 11.8. The van der Waals surface area contributed by atoms with E-state index in [9.17, 15) is 9.59 Å². The van der Waals surface area contributed by atoms with Gasteiger partial charge < -0.3 is 19.8 Å². The lowest BCUT2D eigenvalue weighted by atomic mass is 10.2. The lowest BCUT2D eigenvalue weighted by Gasteiger charge is -2.12. The van der Waals surface area contributed by atoms with Gasteiger partial charge in [-0.3, -0.25) is 9.59 Å². The predicted molar refractivity (Wildman–Crippen MR) is 75.0 cm³/mol. The minimum absolute atomic E-state index is 0.0160. The topological polar surface area (TPSA) is 80.4 Å². The van der Waals surface area contributed by atoms with Crippen LogP contribution in [0.2, 0.25) is 0 Å². The van der Waals surface area contributed by atoms with Crippen LogP contribution in [0.1, 0.15) is 24.1 Å².